The van der Waals surface area contributed by atoms with Gasteiger partial charge in [0.05, 0.1) is 21.7 Å². The van der Waals surface area contributed by atoms with Crippen molar-refractivity contribution in [3.8, 4) is 0 Å². The summed E-state index contributed by atoms with van der Waals surface area (Å²) < 4.78 is 6.09. The van der Waals surface area contributed by atoms with E-state index in [1.54, 1.807) is 7.11 Å². The summed E-state index contributed by atoms with van der Waals surface area (Å²) >= 11 is 1.38. The smallest absolute Gasteiger partial charge is 0.269 e. The second-order valence-electron chi connectivity index (χ2n) is 5.28. The molecule has 0 spiro atoms. The number of nitrogens with zero attached hydrogens (tertiary/aromatic N) is 2. The molecule has 3 aromatic rings. The Balaban J connectivity index is 1.80. The summed E-state index contributed by atoms with van der Waals surface area (Å²) in [6.45, 7) is 0.598. The fraction of sp³-hybridized carbons (Fsp3) is 0.176. The van der Waals surface area contributed by atoms with Gasteiger partial charge in [0.25, 0.3) is 11.6 Å². The number of non-ortho nitro benzene ring substituents is 1. The molecule has 0 aliphatic rings. The monoisotopic (exact) mass is 357 g/mol. The quantitative estimate of drug-likeness (QED) is 0.537. The molecule has 0 unspecified atom stereocenters. The number of rotatable bonds is 6. The highest BCUT2D eigenvalue weighted by Crippen LogP contribution is 2.29. The van der Waals surface area contributed by atoms with E-state index in [9.17, 15) is 14.9 Å². The van der Waals surface area contributed by atoms with Crippen LogP contribution in [-0.4, -0.2) is 29.5 Å². The number of hydrogen-bond acceptors (Lipinski definition) is 6. The Bertz CT molecular complexity index is 921. The minimum absolute atomic E-state index is 0.0562. The van der Waals surface area contributed by atoms with Crippen molar-refractivity contribution in [2.24, 2.45) is 0 Å². The first-order valence-electron chi connectivity index (χ1n) is 7.51. The van der Waals surface area contributed by atoms with Crippen molar-refractivity contribution in [3.05, 3.63) is 63.7 Å². The molecule has 1 N–H and O–H groups in total. The Morgan fingerprint density at radius 3 is 2.72 bits per heavy atom. The van der Waals surface area contributed by atoms with Crippen LogP contribution in [0.2, 0.25) is 0 Å². The molecule has 3 rings (SSSR count). The van der Waals surface area contributed by atoms with E-state index in [0.29, 0.717) is 17.3 Å². The zero-order valence-corrected chi connectivity index (χ0v) is 14.2. The van der Waals surface area contributed by atoms with Gasteiger partial charge in [-0.15, -0.1) is 0 Å². The van der Waals surface area contributed by atoms with Crippen LogP contribution in [0, 0.1) is 10.1 Å². The maximum absolute atomic E-state index is 12.3. The fourth-order valence-corrected chi connectivity index (χ4v) is 3.29. The summed E-state index contributed by atoms with van der Waals surface area (Å²) in [5.41, 5.74) is 2.19. The molecule has 0 aliphatic heterocycles. The largest absolute Gasteiger partial charge is 0.384 e. The molecule has 0 aliphatic carbocycles. The van der Waals surface area contributed by atoms with E-state index in [0.717, 1.165) is 22.2 Å². The van der Waals surface area contributed by atoms with Gasteiger partial charge >= 0.3 is 0 Å². The molecule has 0 bridgehead atoms. The number of fused-ring (bicyclic) bond motifs is 1. The van der Waals surface area contributed by atoms with Crippen molar-refractivity contribution in [2.75, 3.05) is 19.0 Å². The normalized spacial score (nSPS) is 10.8. The second-order valence-corrected chi connectivity index (χ2v) is 6.31. The van der Waals surface area contributed by atoms with Crippen molar-refractivity contribution in [3.63, 3.8) is 0 Å². The summed E-state index contributed by atoms with van der Waals surface area (Å²) in [5, 5.41) is 13.9. The van der Waals surface area contributed by atoms with Crippen LogP contribution in [-0.2, 0) is 11.2 Å². The van der Waals surface area contributed by atoms with E-state index in [1.165, 1.54) is 35.6 Å². The molecular formula is C17H15N3O4S. The maximum atomic E-state index is 12.3. The Labute approximate surface area is 147 Å². The number of anilines is 1. The summed E-state index contributed by atoms with van der Waals surface area (Å²) in [6, 6.07) is 11.3. The fourth-order valence-electron chi connectivity index (χ4n) is 2.38. The first-order chi connectivity index (χ1) is 12.1. The molecule has 0 atom stereocenters. The molecule has 8 heteroatoms. The molecule has 0 radical (unpaired) electrons. The SMILES string of the molecule is COCCc1cccc2sc(NC(=O)c3ccc([N+](=O)[O-])cc3)nc12. The Morgan fingerprint density at radius 1 is 1.28 bits per heavy atom. The van der Waals surface area contributed by atoms with Gasteiger partial charge in [0.2, 0.25) is 0 Å². The number of methoxy groups -OCH3 is 1. The number of nitro groups is 1. The van der Waals surface area contributed by atoms with E-state index < -0.39 is 4.92 Å². The molecule has 0 saturated heterocycles. The summed E-state index contributed by atoms with van der Waals surface area (Å²) in [5.74, 6) is -0.354. The standard InChI is InChI=1S/C17H15N3O4S/c1-24-10-9-11-3-2-4-14-15(11)18-17(25-14)19-16(21)12-5-7-13(8-6-12)20(22)23/h2-8H,9-10H2,1H3,(H,18,19,21). The third-order valence-electron chi connectivity index (χ3n) is 3.64. The third kappa shape index (κ3) is 3.81. The minimum Gasteiger partial charge on any atom is -0.384 e. The molecule has 25 heavy (non-hydrogen) atoms. The van der Waals surface area contributed by atoms with E-state index in [1.807, 2.05) is 18.2 Å². The number of nitro benzene ring substituents is 1. The van der Waals surface area contributed by atoms with E-state index in [-0.39, 0.29) is 11.6 Å². The Kier molecular flexibility index (Phi) is 5.01. The number of carbonyl (C=O) groups is 1. The van der Waals surface area contributed by atoms with E-state index >= 15 is 0 Å². The Hall–Kier alpha value is -2.84. The van der Waals surface area contributed by atoms with Gasteiger partial charge in [0, 0.05) is 24.8 Å². The first kappa shape index (κ1) is 17.0. The van der Waals surface area contributed by atoms with Crippen molar-refractivity contribution in [1.29, 1.82) is 0 Å². The number of benzene rings is 2. The van der Waals surface area contributed by atoms with Crippen LogP contribution in [0.15, 0.2) is 42.5 Å². The second kappa shape index (κ2) is 7.37. The van der Waals surface area contributed by atoms with Crippen LogP contribution < -0.4 is 5.32 Å². The zero-order chi connectivity index (χ0) is 17.8. The number of carbonyl (C=O) groups excluding carboxylic acids is 1. The predicted molar refractivity (Wildman–Crippen MR) is 96.2 cm³/mol. The van der Waals surface area contributed by atoms with E-state index in [2.05, 4.69) is 10.3 Å². The molecule has 128 valence electrons. The minimum atomic E-state index is -0.503. The zero-order valence-electron chi connectivity index (χ0n) is 13.4. The van der Waals surface area contributed by atoms with Crippen molar-refractivity contribution in [1.82, 2.24) is 4.98 Å². The molecule has 2 aromatic carbocycles. The maximum Gasteiger partial charge on any atom is 0.269 e. The topological polar surface area (TPSA) is 94.4 Å². The lowest BCUT2D eigenvalue weighted by Gasteiger charge is -2.01. The van der Waals surface area contributed by atoms with Gasteiger partial charge in [0.1, 0.15) is 0 Å². The summed E-state index contributed by atoms with van der Waals surface area (Å²) in [7, 11) is 1.65. The molecule has 1 heterocycles. The van der Waals surface area contributed by atoms with Gasteiger partial charge in [-0.05, 0) is 30.2 Å². The number of thiazole rings is 1. The lowest BCUT2D eigenvalue weighted by Crippen LogP contribution is -2.11. The molecular weight excluding hydrogens is 342 g/mol. The van der Waals surface area contributed by atoms with Crippen molar-refractivity contribution < 1.29 is 14.5 Å². The van der Waals surface area contributed by atoms with Gasteiger partial charge in [-0.3, -0.25) is 20.2 Å². The van der Waals surface area contributed by atoms with Crippen molar-refractivity contribution in [2.45, 2.75) is 6.42 Å². The highest BCUT2D eigenvalue weighted by molar-refractivity contribution is 7.22. The highest BCUT2D eigenvalue weighted by atomic mass is 32.1. The predicted octanol–water partition coefficient (Wildman–Crippen LogP) is 3.65. The summed E-state index contributed by atoms with van der Waals surface area (Å²) in [6.07, 6.45) is 0.743. The average Bonchev–Trinajstić information content (AvgIpc) is 3.02. The van der Waals surface area contributed by atoms with Gasteiger partial charge in [0.15, 0.2) is 5.13 Å². The van der Waals surface area contributed by atoms with Crippen molar-refractivity contribution >= 4 is 38.3 Å². The number of para-hydroxylation sites is 1. The van der Waals surface area contributed by atoms with E-state index in [4.69, 9.17) is 4.74 Å². The van der Waals surface area contributed by atoms with Crippen LogP contribution in [0.3, 0.4) is 0 Å². The molecule has 1 aromatic heterocycles. The third-order valence-corrected chi connectivity index (χ3v) is 4.57. The molecule has 0 saturated carbocycles. The lowest BCUT2D eigenvalue weighted by molar-refractivity contribution is -0.384. The highest BCUT2D eigenvalue weighted by Gasteiger charge is 2.13. The van der Waals surface area contributed by atoms with Crippen LogP contribution in [0.25, 0.3) is 10.2 Å². The molecule has 0 fully saturated rings. The van der Waals surface area contributed by atoms with Gasteiger partial charge in [-0.2, -0.15) is 0 Å². The van der Waals surface area contributed by atoms with Gasteiger partial charge < -0.3 is 4.74 Å². The molecule has 1 amide bonds. The van der Waals surface area contributed by atoms with Gasteiger partial charge in [-0.1, -0.05) is 23.5 Å². The van der Waals surface area contributed by atoms with Crippen LogP contribution in [0.1, 0.15) is 15.9 Å². The lowest BCUT2D eigenvalue weighted by atomic mass is 10.1. The number of hydrogen-bond donors (Lipinski definition) is 1. The van der Waals surface area contributed by atoms with Crippen LogP contribution in [0.5, 0.6) is 0 Å². The van der Waals surface area contributed by atoms with Crippen LogP contribution >= 0.6 is 11.3 Å². The van der Waals surface area contributed by atoms with Gasteiger partial charge in [-0.25, -0.2) is 4.98 Å². The number of nitrogens with one attached hydrogen (secondary N) is 1. The molecule has 7 nitrogen and oxygen atoms in total. The summed E-state index contributed by atoms with van der Waals surface area (Å²) in [4.78, 5) is 27.0. The first-order valence-corrected chi connectivity index (χ1v) is 8.33. The van der Waals surface area contributed by atoms with Crippen LogP contribution in [0.4, 0.5) is 10.8 Å². The number of aromatic nitrogens is 1. The number of ether oxygens (including phenoxy) is 1. The Morgan fingerprint density at radius 2 is 2.04 bits per heavy atom. The average molecular weight is 357 g/mol. The number of amides is 1.